The summed E-state index contributed by atoms with van der Waals surface area (Å²) in [4.78, 5) is 22.9. The van der Waals surface area contributed by atoms with Gasteiger partial charge in [-0.15, -0.1) is 0 Å². The van der Waals surface area contributed by atoms with Crippen molar-refractivity contribution in [3.05, 3.63) is 45.0 Å². The summed E-state index contributed by atoms with van der Waals surface area (Å²) in [6.07, 6.45) is 2.89. The van der Waals surface area contributed by atoms with Crippen molar-refractivity contribution in [1.29, 1.82) is 0 Å². The number of carbonyl (C=O) groups is 1. The summed E-state index contributed by atoms with van der Waals surface area (Å²) in [6.45, 7) is 0. The van der Waals surface area contributed by atoms with Gasteiger partial charge in [0.1, 0.15) is 14.1 Å². The van der Waals surface area contributed by atoms with E-state index in [1.54, 1.807) is 0 Å². The molecule has 2 amide bonds. The number of rotatable bonds is 2. The molecule has 0 atom stereocenters. The summed E-state index contributed by atoms with van der Waals surface area (Å²) in [5.41, 5.74) is 11.6. The molecule has 0 bridgehead atoms. The van der Waals surface area contributed by atoms with E-state index in [0.29, 0.717) is 11.7 Å². The van der Waals surface area contributed by atoms with E-state index in [1.807, 2.05) is 0 Å². The number of hydrazone groups is 1. The summed E-state index contributed by atoms with van der Waals surface area (Å²) in [7, 11) is 6.10. The van der Waals surface area contributed by atoms with Crippen LogP contribution >= 0.6 is 0 Å². The third kappa shape index (κ3) is 3.81. The lowest BCUT2D eigenvalue weighted by Crippen LogP contribution is -2.55. The molecule has 1 aromatic heterocycles. The zero-order valence-corrected chi connectivity index (χ0v) is 13.0. The largest absolute Gasteiger partial charge is 0.539 e. The zero-order valence-electron chi connectivity index (χ0n) is 13.0. The number of amidine groups is 1. The highest BCUT2D eigenvalue weighted by Gasteiger charge is 2.11. The van der Waals surface area contributed by atoms with E-state index in [-0.39, 0.29) is 11.7 Å². The first-order chi connectivity index (χ1) is 10.9. The van der Waals surface area contributed by atoms with Gasteiger partial charge in [-0.05, 0) is 17.6 Å². The molecule has 2 heterocycles. The highest BCUT2D eigenvalue weighted by Crippen LogP contribution is 2.10. The molecule has 10 nitrogen and oxygen atoms in total. The molecule has 0 spiro atoms. The molecular weight excluding hydrogens is 300 g/mol. The van der Waals surface area contributed by atoms with E-state index >= 15 is 0 Å². The van der Waals surface area contributed by atoms with Crippen molar-refractivity contribution in [1.82, 2.24) is 24.9 Å². The van der Waals surface area contributed by atoms with E-state index in [4.69, 9.17) is 0 Å². The first-order valence-corrected chi connectivity index (χ1v) is 6.44. The van der Waals surface area contributed by atoms with E-state index < -0.39 is 0 Å². The third-order valence-electron chi connectivity index (χ3n) is 2.66. The van der Waals surface area contributed by atoms with Crippen LogP contribution in [0, 0.1) is 0 Å². The number of urea groups is 1. The molecule has 1 aliphatic heterocycles. The topological polar surface area (TPSA) is 102 Å². The maximum atomic E-state index is 11.4. The number of aryl methyl sites for hydroxylation is 2. The summed E-state index contributed by atoms with van der Waals surface area (Å²) >= 11 is 0. The second kappa shape index (κ2) is 6.55. The Morgan fingerprint density at radius 2 is 1.87 bits per heavy atom. The summed E-state index contributed by atoms with van der Waals surface area (Å²) in [5.74, 6) is 0.599. The van der Waals surface area contributed by atoms with Gasteiger partial charge in [0.2, 0.25) is 5.82 Å². The quantitative estimate of drug-likeness (QED) is 0.520. The molecular formula is C13H14N8O2. The fourth-order valence-electron chi connectivity index (χ4n) is 1.60. The van der Waals surface area contributed by atoms with Crippen LogP contribution in [0.25, 0.3) is 11.5 Å². The Bertz CT molecular complexity index is 838. The lowest BCUT2D eigenvalue weighted by Gasteiger charge is -2.37. The van der Waals surface area contributed by atoms with Gasteiger partial charge in [0.25, 0.3) is 0 Å². The minimum Gasteiger partial charge on any atom is -0.369 e. The van der Waals surface area contributed by atoms with Gasteiger partial charge in [-0.25, -0.2) is 4.79 Å². The van der Waals surface area contributed by atoms with Gasteiger partial charge in [0.05, 0.1) is 0 Å². The van der Waals surface area contributed by atoms with Crippen molar-refractivity contribution >= 4 is 17.9 Å². The minimum atomic E-state index is -0.332. The maximum Gasteiger partial charge on any atom is 0.539 e. The Balaban J connectivity index is 2.22. The molecule has 10 heteroatoms. The smallest absolute Gasteiger partial charge is 0.369 e. The van der Waals surface area contributed by atoms with E-state index in [2.05, 4.69) is 37.9 Å². The van der Waals surface area contributed by atoms with Crippen LogP contribution in [0.2, 0.25) is 0 Å². The van der Waals surface area contributed by atoms with Crippen molar-refractivity contribution < 1.29 is 9.48 Å². The van der Waals surface area contributed by atoms with Crippen molar-refractivity contribution in [2.24, 2.45) is 19.2 Å². The van der Waals surface area contributed by atoms with Crippen LogP contribution in [0.3, 0.4) is 0 Å². The summed E-state index contributed by atoms with van der Waals surface area (Å²) < 4.78 is 2.33. The standard InChI is InChI=1S/C13H14N8O2/c1-18-12(22)19(2)15-10(14-18)8-6-5-7-9-11-16-20(3)13(23)21(4)17-11/h8-9H,1-4H3. The predicted molar refractivity (Wildman–Crippen MR) is 79.7 cm³/mol. The lowest BCUT2D eigenvalue weighted by molar-refractivity contribution is -0.750. The van der Waals surface area contributed by atoms with Gasteiger partial charge in [0.15, 0.2) is 0 Å². The Labute approximate surface area is 131 Å². The Morgan fingerprint density at radius 3 is 2.52 bits per heavy atom. The van der Waals surface area contributed by atoms with Crippen molar-refractivity contribution in [2.45, 2.75) is 0 Å². The molecule has 1 aromatic rings. The van der Waals surface area contributed by atoms with Crippen molar-refractivity contribution in [3.63, 3.8) is 0 Å². The second-order valence-corrected chi connectivity index (χ2v) is 4.48. The fraction of sp³-hybridized carbons (Fsp3) is 0.308. The Hall–Kier alpha value is -3.44. The predicted octanol–water partition coefficient (Wildman–Crippen LogP) is -0.922. The van der Waals surface area contributed by atoms with Crippen LogP contribution in [-0.2, 0) is 14.1 Å². The molecule has 0 saturated carbocycles. The normalized spacial score (nSPS) is 13.4. The van der Waals surface area contributed by atoms with Crippen molar-refractivity contribution in [2.75, 3.05) is 14.1 Å². The zero-order chi connectivity index (χ0) is 17.0. The molecule has 118 valence electrons. The van der Waals surface area contributed by atoms with Crippen LogP contribution in [0.1, 0.15) is 5.82 Å². The average molecular weight is 314 g/mol. The molecule has 0 aliphatic carbocycles. The molecule has 0 radical (unpaired) electrons. The lowest BCUT2D eigenvalue weighted by atomic mass is 10.5. The van der Waals surface area contributed by atoms with E-state index in [0.717, 1.165) is 0 Å². The Morgan fingerprint density at radius 1 is 1.17 bits per heavy atom. The number of carbonyl (C=O) groups excluding carboxylic acids is 1. The van der Waals surface area contributed by atoms with Gasteiger partial charge in [-0.3, -0.25) is 0 Å². The molecule has 0 N–H and O–H groups in total. The average Bonchev–Trinajstić information content (AvgIpc) is 2.49. The van der Waals surface area contributed by atoms with Gasteiger partial charge in [-0.2, -0.15) is 4.79 Å². The molecule has 0 aromatic carbocycles. The van der Waals surface area contributed by atoms with Crippen LogP contribution in [-0.4, -0.2) is 50.9 Å². The van der Waals surface area contributed by atoms with E-state index in [1.165, 1.54) is 59.7 Å². The number of amides is 2. The van der Waals surface area contributed by atoms with Crippen LogP contribution in [0.5, 0.6) is 0 Å². The SMILES string of the molecule is CN1N=C(C=C=C=C=Cc2nn(C)c(=O)[n+](C)n2)[N-]N(C)C1=O. The van der Waals surface area contributed by atoms with Crippen molar-refractivity contribution in [3.8, 4) is 0 Å². The van der Waals surface area contributed by atoms with Gasteiger partial charge >= 0.3 is 11.7 Å². The molecule has 23 heavy (non-hydrogen) atoms. The third-order valence-corrected chi connectivity index (χ3v) is 2.66. The number of hydrogen-bond donors (Lipinski definition) is 0. The maximum absolute atomic E-state index is 11.4. The minimum absolute atomic E-state index is 0.300. The summed E-state index contributed by atoms with van der Waals surface area (Å²) in [5, 5.41) is 14.1. The number of aromatic nitrogens is 4. The first kappa shape index (κ1) is 15.9. The molecule has 0 fully saturated rings. The highest BCUT2D eigenvalue weighted by molar-refractivity contribution is 6.06. The highest BCUT2D eigenvalue weighted by atomic mass is 16.2. The van der Waals surface area contributed by atoms with Crippen LogP contribution in [0.4, 0.5) is 4.79 Å². The molecule has 0 saturated heterocycles. The fourth-order valence-corrected chi connectivity index (χ4v) is 1.60. The molecule has 0 unspecified atom stereocenters. The van der Waals surface area contributed by atoms with Gasteiger partial charge < -0.3 is 20.5 Å². The number of hydrogen-bond acceptors (Lipinski definition) is 5. The van der Waals surface area contributed by atoms with E-state index in [9.17, 15) is 9.59 Å². The summed E-state index contributed by atoms with van der Waals surface area (Å²) in [6, 6.07) is -0.332. The first-order valence-electron chi connectivity index (χ1n) is 6.44. The van der Waals surface area contributed by atoms with Crippen LogP contribution < -0.4 is 10.4 Å². The van der Waals surface area contributed by atoms with Crippen LogP contribution in [0.15, 0.2) is 33.2 Å². The Kier molecular flexibility index (Phi) is 4.54. The van der Waals surface area contributed by atoms with Gasteiger partial charge in [-0.1, -0.05) is 31.0 Å². The van der Waals surface area contributed by atoms with Gasteiger partial charge in [0, 0.05) is 20.2 Å². The monoisotopic (exact) mass is 314 g/mol. The number of nitrogens with zero attached hydrogens (tertiary/aromatic N) is 8. The second-order valence-electron chi connectivity index (χ2n) is 4.48. The molecule has 2 rings (SSSR count). The molecule has 1 aliphatic rings.